The fourth-order valence-corrected chi connectivity index (χ4v) is 2.22. The summed E-state index contributed by atoms with van der Waals surface area (Å²) in [7, 11) is 0. The van der Waals surface area contributed by atoms with E-state index in [1.165, 1.54) is 0 Å². The van der Waals surface area contributed by atoms with Gasteiger partial charge in [-0.05, 0) is 26.7 Å². The first-order chi connectivity index (χ1) is 9.19. The van der Waals surface area contributed by atoms with Crippen LogP contribution in [0.5, 0.6) is 0 Å². The van der Waals surface area contributed by atoms with Gasteiger partial charge in [0.15, 0.2) is 0 Å². The van der Waals surface area contributed by atoms with E-state index in [1.807, 2.05) is 6.08 Å². The predicted octanol–water partition coefficient (Wildman–Crippen LogP) is 2.08. The predicted molar refractivity (Wildman–Crippen MR) is 68.5 cm³/mol. The monoisotopic (exact) mass is 291 g/mol. The molecular formula is C13H20F3N3O. The van der Waals surface area contributed by atoms with E-state index in [-0.39, 0.29) is 6.42 Å². The minimum atomic E-state index is -4.69. The molecule has 7 heteroatoms. The summed E-state index contributed by atoms with van der Waals surface area (Å²) in [5, 5.41) is 12.0. The maximum atomic E-state index is 12.5. The first-order valence-electron chi connectivity index (χ1n) is 6.48. The Balaban J connectivity index is 2.85. The third-order valence-corrected chi connectivity index (χ3v) is 3.41. The van der Waals surface area contributed by atoms with Crippen LogP contribution in [-0.4, -0.2) is 31.6 Å². The molecule has 2 unspecified atom stereocenters. The number of nitrogens with two attached hydrogens (primary N) is 1. The minimum Gasteiger partial charge on any atom is -0.329 e. The Morgan fingerprint density at radius 3 is 2.65 bits per heavy atom. The van der Waals surface area contributed by atoms with E-state index in [0.29, 0.717) is 25.1 Å². The Labute approximate surface area is 116 Å². The molecule has 0 spiro atoms. The highest BCUT2D eigenvalue weighted by Crippen LogP contribution is 2.36. The molecule has 3 N–H and O–H groups in total. The van der Waals surface area contributed by atoms with Gasteiger partial charge in [0.1, 0.15) is 0 Å². The molecule has 0 radical (unpaired) electrons. The van der Waals surface area contributed by atoms with Crippen LogP contribution in [0.2, 0.25) is 0 Å². The quantitative estimate of drug-likeness (QED) is 0.761. The highest BCUT2D eigenvalue weighted by Gasteiger charge is 2.40. The Hall–Kier alpha value is -1.10. The molecule has 0 saturated heterocycles. The smallest absolute Gasteiger partial charge is 0.329 e. The van der Waals surface area contributed by atoms with Gasteiger partial charge in [-0.25, -0.2) is 0 Å². The lowest BCUT2D eigenvalue weighted by molar-refractivity contribution is -0.345. The van der Waals surface area contributed by atoms with Crippen molar-refractivity contribution in [2.75, 3.05) is 13.1 Å². The van der Waals surface area contributed by atoms with Crippen molar-refractivity contribution in [3.63, 3.8) is 0 Å². The highest BCUT2D eigenvalue weighted by molar-refractivity contribution is 5.24. The van der Waals surface area contributed by atoms with Crippen molar-refractivity contribution >= 4 is 0 Å². The van der Waals surface area contributed by atoms with Crippen LogP contribution in [0.3, 0.4) is 0 Å². The molecule has 1 rings (SSSR count). The molecule has 0 heterocycles. The van der Waals surface area contributed by atoms with Crippen molar-refractivity contribution in [1.29, 1.82) is 5.26 Å². The first kappa shape index (κ1) is 17.0. The Morgan fingerprint density at radius 2 is 2.15 bits per heavy atom. The van der Waals surface area contributed by atoms with Crippen molar-refractivity contribution in [2.24, 2.45) is 11.1 Å². The standard InChI is InChI=1S/C13H20F3N3O/c1-12(2,8-18)9-3-4-10(19-6-5-17)11(7-9)20-13(14,15)16/h3,10-11,19H,4-7,17H2,1-2H3. The molecule has 1 aliphatic carbocycles. The molecule has 0 aliphatic heterocycles. The lowest BCUT2D eigenvalue weighted by Crippen LogP contribution is -2.47. The van der Waals surface area contributed by atoms with E-state index in [1.54, 1.807) is 13.8 Å². The Kier molecular flexibility index (Phi) is 5.57. The molecule has 0 bridgehead atoms. The number of halogens is 3. The number of hydrogen-bond acceptors (Lipinski definition) is 4. The normalized spacial score (nSPS) is 24.1. The summed E-state index contributed by atoms with van der Waals surface area (Å²) in [5.41, 5.74) is 5.25. The van der Waals surface area contributed by atoms with E-state index in [4.69, 9.17) is 11.0 Å². The van der Waals surface area contributed by atoms with Crippen LogP contribution >= 0.6 is 0 Å². The van der Waals surface area contributed by atoms with Crippen LogP contribution < -0.4 is 11.1 Å². The zero-order valence-corrected chi connectivity index (χ0v) is 11.6. The average Bonchev–Trinajstić information content (AvgIpc) is 2.35. The van der Waals surface area contributed by atoms with E-state index in [2.05, 4.69) is 16.1 Å². The number of nitrogens with zero attached hydrogens (tertiary/aromatic N) is 1. The molecule has 0 fully saturated rings. The summed E-state index contributed by atoms with van der Waals surface area (Å²) in [5.74, 6) is 0. The Morgan fingerprint density at radius 1 is 1.50 bits per heavy atom. The molecular weight excluding hydrogens is 271 g/mol. The number of nitrogens with one attached hydrogen (secondary N) is 1. The average molecular weight is 291 g/mol. The summed E-state index contributed by atoms with van der Waals surface area (Å²) in [6, 6.07) is 1.66. The zero-order chi connectivity index (χ0) is 15.4. The largest absolute Gasteiger partial charge is 0.522 e. The summed E-state index contributed by atoms with van der Waals surface area (Å²) >= 11 is 0. The van der Waals surface area contributed by atoms with Gasteiger partial charge < -0.3 is 11.1 Å². The first-order valence-corrected chi connectivity index (χ1v) is 6.48. The molecule has 0 saturated carbocycles. The molecule has 114 valence electrons. The van der Waals surface area contributed by atoms with Gasteiger partial charge in [0.25, 0.3) is 0 Å². The third kappa shape index (κ3) is 4.78. The SMILES string of the molecule is CC(C)(C#N)C1=CCC(NCCN)C(OC(F)(F)F)C1. The van der Waals surface area contributed by atoms with Crippen LogP contribution in [0.4, 0.5) is 13.2 Å². The second-order valence-corrected chi connectivity index (χ2v) is 5.36. The van der Waals surface area contributed by atoms with Crippen LogP contribution in [0.25, 0.3) is 0 Å². The second kappa shape index (κ2) is 6.57. The number of hydrogen-bond donors (Lipinski definition) is 2. The molecule has 0 aromatic carbocycles. The molecule has 1 aliphatic rings. The summed E-state index contributed by atoms with van der Waals surface area (Å²) < 4.78 is 41.7. The fourth-order valence-electron chi connectivity index (χ4n) is 2.22. The Bertz CT molecular complexity index is 399. The second-order valence-electron chi connectivity index (χ2n) is 5.36. The van der Waals surface area contributed by atoms with E-state index in [9.17, 15) is 13.2 Å². The van der Waals surface area contributed by atoms with Gasteiger partial charge in [-0.1, -0.05) is 11.6 Å². The van der Waals surface area contributed by atoms with Crippen molar-refractivity contribution in [3.05, 3.63) is 11.6 Å². The van der Waals surface area contributed by atoms with Gasteiger partial charge in [0.2, 0.25) is 0 Å². The molecule has 0 amide bonds. The molecule has 20 heavy (non-hydrogen) atoms. The van der Waals surface area contributed by atoms with Crippen LogP contribution in [0.15, 0.2) is 11.6 Å². The third-order valence-electron chi connectivity index (χ3n) is 3.41. The molecule has 4 nitrogen and oxygen atoms in total. The van der Waals surface area contributed by atoms with Gasteiger partial charge in [-0.15, -0.1) is 13.2 Å². The van der Waals surface area contributed by atoms with Gasteiger partial charge in [-0.2, -0.15) is 5.26 Å². The van der Waals surface area contributed by atoms with Gasteiger partial charge >= 0.3 is 6.36 Å². The lowest BCUT2D eigenvalue weighted by Gasteiger charge is -2.35. The van der Waals surface area contributed by atoms with Gasteiger partial charge in [0.05, 0.1) is 17.6 Å². The minimum absolute atomic E-state index is 0.0856. The lowest BCUT2D eigenvalue weighted by atomic mass is 9.77. The number of alkyl halides is 3. The maximum absolute atomic E-state index is 12.5. The van der Waals surface area contributed by atoms with Crippen LogP contribution in [0.1, 0.15) is 26.7 Å². The highest BCUT2D eigenvalue weighted by atomic mass is 19.4. The van der Waals surface area contributed by atoms with Crippen molar-refractivity contribution in [1.82, 2.24) is 5.32 Å². The summed E-state index contributed by atoms with van der Waals surface area (Å²) in [4.78, 5) is 0. The van der Waals surface area contributed by atoms with Crippen molar-refractivity contribution < 1.29 is 17.9 Å². The zero-order valence-electron chi connectivity index (χ0n) is 11.6. The van der Waals surface area contributed by atoms with E-state index in [0.717, 1.165) is 0 Å². The molecule has 2 atom stereocenters. The fraction of sp³-hybridized carbons (Fsp3) is 0.769. The van der Waals surface area contributed by atoms with E-state index < -0.39 is 23.9 Å². The van der Waals surface area contributed by atoms with Gasteiger partial charge in [0, 0.05) is 19.1 Å². The van der Waals surface area contributed by atoms with Crippen molar-refractivity contribution in [2.45, 2.75) is 45.2 Å². The molecule has 0 aromatic heterocycles. The topological polar surface area (TPSA) is 71.1 Å². The summed E-state index contributed by atoms with van der Waals surface area (Å²) in [6.07, 6.45) is -3.42. The number of nitriles is 1. The number of rotatable bonds is 5. The maximum Gasteiger partial charge on any atom is 0.522 e. The number of ether oxygens (including phenoxy) is 1. The molecule has 0 aromatic rings. The van der Waals surface area contributed by atoms with E-state index >= 15 is 0 Å². The summed E-state index contributed by atoms with van der Waals surface area (Å²) in [6.45, 7) is 4.15. The van der Waals surface area contributed by atoms with Crippen LogP contribution in [0, 0.1) is 16.7 Å². The van der Waals surface area contributed by atoms with Crippen molar-refractivity contribution in [3.8, 4) is 6.07 Å². The van der Waals surface area contributed by atoms with Gasteiger partial charge in [-0.3, -0.25) is 4.74 Å². The van der Waals surface area contributed by atoms with Crippen LogP contribution in [-0.2, 0) is 4.74 Å².